The number of nitro groups is 1. The molecule has 0 unspecified atom stereocenters. The number of methoxy groups -OCH3 is 1. The molecule has 1 saturated heterocycles. The average molecular weight is 514 g/mol. The molecule has 0 spiro atoms. The molecule has 4 rings (SSSR count). The van der Waals surface area contributed by atoms with E-state index in [1.807, 2.05) is 0 Å². The van der Waals surface area contributed by atoms with Gasteiger partial charge in [0.1, 0.15) is 23.8 Å². The second kappa shape index (κ2) is 10.0. The minimum Gasteiger partial charge on any atom is -0.497 e. The number of furan rings is 1. The maximum Gasteiger partial charge on any atom is 0.294 e. The van der Waals surface area contributed by atoms with E-state index in [0.717, 1.165) is 4.90 Å². The lowest BCUT2D eigenvalue weighted by Crippen LogP contribution is -2.36. The number of anilines is 1. The Morgan fingerprint density at radius 3 is 2.63 bits per heavy atom. The third-order valence-electron chi connectivity index (χ3n) is 4.87. The second-order valence-electron chi connectivity index (χ2n) is 7.17. The number of thioether (sulfide) groups is 1. The van der Waals surface area contributed by atoms with Gasteiger partial charge in [0.05, 0.1) is 28.6 Å². The molecular weight excluding hydrogens is 498 g/mol. The number of halogens is 1. The standard InChI is InChI=1S/C23H16ClN3O7S/c1-33-15-6-8-17(18(10-15)27(31)32)19-9-7-16(34-19)11-20-22(29)26(23(30)35-20)12-21(28)25-14-4-2-13(24)3-5-14/h2-11H,12H2,1H3,(H,25,28)/b20-11+. The summed E-state index contributed by atoms with van der Waals surface area (Å²) < 4.78 is 10.7. The summed E-state index contributed by atoms with van der Waals surface area (Å²) >= 11 is 6.48. The Kier molecular flexibility index (Phi) is 6.90. The van der Waals surface area contributed by atoms with Gasteiger partial charge >= 0.3 is 0 Å². The van der Waals surface area contributed by atoms with Crippen molar-refractivity contribution in [3.05, 3.63) is 80.4 Å². The molecule has 1 aliphatic rings. The van der Waals surface area contributed by atoms with Crippen LogP contribution < -0.4 is 10.1 Å². The van der Waals surface area contributed by atoms with E-state index in [1.54, 1.807) is 30.3 Å². The van der Waals surface area contributed by atoms with Gasteiger partial charge in [0.25, 0.3) is 16.8 Å². The summed E-state index contributed by atoms with van der Waals surface area (Å²) in [5.41, 5.74) is 0.484. The Morgan fingerprint density at radius 2 is 1.94 bits per heavy atom. The number of rotatable bonds is 7. The van der Waals surface area contributed by atoms with E-state index in [0.29, 0.717) is 28.2 Å². The van der Waals surface area contributed by atoms with Gasteiger partial charge in [-0.05, 0) is 60.3 Å². The zero-order valence-corrected chi connectivity index (χ0v) is 19.6. The zero-order valence-electron chi connectivity index (χ0n) is 18.0. The quantitative estimate of drug-likeness (QED) is 0.259. The van der Waals surface area contributed by atoms with Crippen LogP contribution in [0, 0.1) is 10.1 Å². The number of ether oxygens (including phenoxy) is 1. The summed E-state index contributed by atoms with van der Waals surface area (Å²) in [5, 5.41) is 13.9. The largest absolute Gasteiger partial charge is 0.497 e. The van der Waals surface area contributed by atoms with Crippen molar-refractivity contribution < 1.29 is 28.5 Å². The summed E-state index contributed by atoms with van der Waals surface area (Å²) in [4.78, 5) is 49.1. The van der Waals surface area contributed by atoms with Crippen LogP contribution in [-0.2, 0) is 9.59 Å². The van der Waals surface area contributed by atoms with E-state index in [9.17, 15) is 24.5 Å². The van der Waals surface area contributed by atoms with Gasteiger partial charge in [0.15, 0.2) is 0 Å². The zero-order chi connectivity index (χ0) is 25.1. The van der Waals surface area contributed by atoms with E-state index in [4.69, 9.17) is 20.8 Å². The van der Waals surface area contributed by atoms with Crippen LogP contribution >= 0.6 is 23.4 Å². The number of benzene rings is 2. The smallest absolute Gasteiger partial charge is 0.294 e. The molecule has 2 aromatic carbocycles. The molecule has 12 heteroatoms. The number of nitro benzene ring substituents is 1. The molecule has 3 aromatic rings. The second-order valence-corrected chi connectivity index (χ2v) is 8.59. The predicted molar refractivity (Wildman–Crippen MR) is 130 cm³/mol. The minimum absolute atomic E-state index is 0.0550. The molecule has 178 valence electrons. The van der Waals surface area contributed by atoms with E-state index >= 15 is 0 Å². The highest BCUT2D eigenvalue weighted by atomic mass is 35.5. The Labute approximate surface area is 207 Å². The van der Waals surface area contributed by atoms with Gasteiger partial charge in [-0.3, -0.25) is 29.4 Å². The number of hydrogen-bond donors (Lipinski definition) is 1. The fourth-order valence-corrected chi connectivity index (χ4v) is 4.16. The van der Waals surface area contributed by atoms with Gasteiger partial charge in [-0.2, -0.15) is 0 Å². The van der Waals surface area contributed by atoms with Crippen LogP contribution in [0.2, 0.25) is 5.02 Å². The van der Waals surface area contributed by atoms with Crippen molar-refractivity contribution in [1.29, 1.82) is 0 Å². The number of amides is 3. The van der Waals surface area contributed by atoms with Crippen molar-refractivity contribution in [2.75, 3.05) is 19.0 Å². The topological polar surface area (TPSA) is 132 Å². The van der Waals surface area contributed by atoms with Crippen molar-refractivity contribution in [2.45, 2.75) is 0 Å². The van der Waals surface area contributed by atoms with Crippen LogP contribution in [0.5, 0.6) is 5.75 Å². The highest BCUT2D eigenvalue weighted by Gasteiger charge is 2.36. The van der Waals surface area contributed by atoms with Gasteiger partial charge < -0.3 is 14.5 Å². The maximum absolute atomic E-state index is 12.7. The number of nitrogens with zero attached hydrogens (tertiary/aromatic N) is 2. The van der Waals surface area contributed by atoms with Crippen LogP contribution in [0.1, 0.15) is 5.76 Å². The van der Waals surface area contributed by atoms with Gasteiger partial charge in [0.2, 0.25) is 5.91 Å². The lowest BCUT2D eigenvalue weighted by molar-refractivity contribution is -0.384. The van der Waals surface area contributed by atoms with Crippen molar-refractivity contribution in [3.8, 4) is 17.1 Å². The monoisotopic (exact) mass is 513 g/mol. The van der Waals surface area contributed by atoms with E-state index in [2.05, 4.69) is 5.32 Å². The maximum atomic E-state index is 12.7. The molecule has 3 amide bonds. The Balaban J connectivity index is 1.49. The molecule has 2 heterocycles. The summed E-state index contributed by atoms with van der Waals surface area (Å²) in [6, 6.07) is 13.7. The van der Waals surface area contributed by atoms with E-state index < -0.39 is 28.5 Å². The van der Waals surface area contributed by atoms with Crippen molar-refractivity contribution in [3.63, 3.8) is 0 Å². The third kappa shape index (κ3) is 5.36. The molecule has 0 aliphatic carbocycles. The first-order chi connectivity index (χ1) is 16.7. The molecule has 1 aliphatic heterocycles. The van der Waals surface area contributed by atoms with Crippen LogP contribution in [0.25, 0.3) is 17.4 Å². The lowest BCUT2D eigenvalue weighted by Gasteiger charge is -2.12. The van der Waals surface area contributed by atoms with E-state index in [-0.39, 0.29) is 27.7 Å². The number of nitrogens with one attached hydrogen (secondary N) is 1. The van der Waals surface area contributed by atoms with Gasteiger partial charge in [-0.25, -0.2) is 0 Å². The summed E-state index contributed by atoms with van der Waals surface area (Å²) in [6.07, 6.45) is 1.35. The third-order valence-corrected chi connectivity index (χ3v) is 6.03. The molecule has 35 heavy (non-hydrogen) atoms. The summed E-state index contributed by atoms with van der Waals surface area (Å²) in [6.45, 7) is -0.466. The number of carbonyl (C=O) groups excluding carboxylic acids is 3. The SMILES string of the molecule is COc1ccc(-c2ccc(/C=C3/SC(=O)N(CC(=O)Nc4ccc(Cl)cc4)C3=O)o2)c([N+](=O)[O-])c1. The normalized spacial score (nSPS) is 14.5. The van der Waals surface area contributed by atoms with Crippen LogP contribution in [0.15, 0.2) is 63.9 Å². The number of imide groups is 1. The Bertz CT molecular complexity index is 1370. The fraction of sp³-hybridized carbons (Fsp3) is 0.0870. The first-order valence-corrected chi connectivity index (χ1v) is 11.2. The molecule has 10 nitrogen and oxygen atoms in total. The highest BCUT2D eigenvalue weighted by molar-refractivity contribution is 8.18. The van der Waals surface area contributed by atoms with Crippen LogP contribution in [0.3, 0.4) is 0 Å². The Morgan fingerprint density at radius 1 is 1.20 bits per heavy atom. The molecule has 0 radical (unpaired) electrons. The Hall–Kier alpha value is -4.09. The van der Waals surface area contributed by atoms with Crippen molar-refractivity contribution >= 4 is 57.9 Å². The molecule has 0 saturated carbocycles. The molecule has 0 bridgehead atoms. The number of hydrogen-bond acceptors (Lipinski definition) is 8. The van der Waals surface area contributed by atoms with E-state index in [1.165, 1.54) is 37.5 Å². The van der Waals surface area contributed by atoms with Crippen LogP contribution in [0.4, 0.5) is 16.2 Å². The van der Waals surface area contributed by atoms with Gasteiger partial charge in [-0.15, -0.1) is 0 Å². The molecule has 0 atom stereocenters. The van der Waals surface area contributed by atoms with Crippen LogP contribution in [-0.4, -0.2) is 40.5 Å². The molecular formula is C23H16ClN3O7S. The summed E-state index contributed by atoms with van der Waals surface area (Å²) in [5.74, 6) is -0.475. The first kappa shape index (κ1) is 24.0. The average Bonchev–Trinajstić information content (AvgIpc) is 3.40. The lowest BCUT2D eigenvalue weighted by atomic mass is 10.1. The fourth-order valence-electron chi connectivity index (χ4n) is 3.22. The highest BCUT2D eigenvalue weighted by Crippen LogP contribution is 2.36. The van der Waals surface area contributed by atoms with Crippen molar-refractivity contribution in [2.24, 2.45) is 0 Å². The minimum atomic E-state index is -0.653. The molecule has 1 fully saturated rings. The number of carbonyl (C=O) groups is 3. The van der Waals surface area contributed by atoms with Gasteiger partial charge in [-0.1, -0.05) is 11.6 Å². The molecule has 1 N–H and O–H groups in total. The summed E-state index contributed by atoms with van der Waals surface area (Å²) in [7, 11) is 1.40. The van der Waals surface area contributed by atoms with Gasteiger partial charge in [0, 0.05) is 16.8 Å². The molecule has 1 aromatic heterocycles. The predicted octanol–water partition coefficient (Wildman–Crippen LogP) is 5.19. The first-order valence-electron chi connectivity index (χ1n) is 9.98. The van der Waals surface area contributed by atoms with Crippen molar-refractivity contribution in [1.82, 2.24) is 4.90 Å².